The van der Waals surface area contributed by atoms with Gasteiger partial charge in [0.05, 0.1) is 0 Å². The van der Waals surface area contributed by atoms with Gasteiger partial charge in [0, 0.05) is 5.56 Å². The van der Waals surface area contributed by atoms with Crippen LogP contribution in [0.4, 0.5) is 0 Å². The van der Waals surface area contributed by atoms with Crippen molar-refractivity contribution < 1.29 is 20.1 Å². The summed E-state index contributed by atoms with van der Waals surface area (Å²) in [7, 11) is 0. The molecule has 0 saturated heterocycles. The van der Waals surface area contributed by atoms with E-state index in [9.17, 15) is 20.1 Å². The van der Waals surface area contributed by atoms with E-state index in [-0.39, 0.29) is 11.3 Å². The number of phenols is 2. The van der Waals surface area contributed by atoms with Crippen LogP contribution in [0.1, 0.15) is 18.1 Å². The SMILES string of the molecule is CC(C(=O)O)(c1ccccc1)c1cccc(O)c1O. The highest BCUT2D eigenvalue weighted by molar-refractivity contribution is 5.86. The van der Waals surface area contributed by atoms with Crippen LogP contribution in [-0.4, -0.2) is 21.3 Å². The molecule has 0 amide bonds. The molecule has 0 aromatic heterocycles. The molecule has 0 aliphatic rings. The van der Waals surface area contributed by atoms with Gasteiger partial charge >= 0.3 is 5.97 Å². The van der Waals surface area contributed by atoms with Crippen LogP contribution in [0.5, 0.6) is 11.5 Å². The Bertz CT molecular complexity index is 607. The minimum absolute atomic E-state index is 0.159. The Morgan fingerprint density at radius 1 is 1.00 bits per heavy atom. The van der Waals surface area contributed by atoms with Gasteiger partial charge in [-0.1, -0.05) is 42.5 Å². The first kappa shape index (κ1) is 13.0. The van der Waals surface area contributed by atoms with E-state index in [0.29, 0.717) is 5.56 Å². The van der Waals surface area contributed by atoms with Crippen LogP contribution in [0, 0.1) is 0 Å². The second-order valence-electron chi connectivity index (χ2n) is 4.47. The fraction of sp³-hybridized carbons (Fsp3) is 0.133. The number of hydrogen-bond donors (Lipinski definition) is 3. The molecule has 2 rings (SSSR count). The molecular weight excluding hydrogens is 244 g/mol. The number of carbonyl (C=O) groups is 1. The molecule has 0 heterocycles. The smallest absolute Gasteiger partial charge is 0.318 e. The molecule has 2 aromatic carbocycles. The van der Waals surface area contributed by atoms with Gasteiger partial charge in [0.25, 0.3) is 0 Å². The Hall–Kier alpha value is -2.49. The second-order valence-corrected chi connectivity index (χ2v) is 4.47. The van der Waals surface area contributed by atoms with Gasteiger partial charge in [-0.3, -0.25) is 4.79 Å². The Morgan fingerprint density at radius 3 is 2.21 bits per heavy atom. The lowest BCUT2D eigenvalue weighted by Gasteiger charge is -2.26. The minimum Gasteiger partial charge on any atom is -0.504 e. The summed E-state index contributed by atoms with van der Waals surface area (Å²) in [6.45, 7) is 1.50. The Balaban J connectivity index is 2.71. The zero-order valence-electron chi connectivity index (χ0n) is 10.4. The standard InChI is InChI=1S/C15H14O4/c1-15(14(18)19,10-6-3-2-4-7-10)11-8-5-9-12(16)13(11)17/h2-9,16-17H,1H3,(H,18,19). The molecule has 4 heteroatoms. The summed E-state index contributed by atoms with van der Waals surface area (Å²) in [6.07, 6.45) is 0. The fourth-order valence-corrected chi connectivity index (χ4v) is 2.10. The van der Waals surface area contributed by atoms with Gasteiger partial charge < -0.3 is 15.3 Å². The lowest BCUT2D eigenvalue weighted by Crippen LogP contribution is -2.33. The number of carboxylic acid groups (broad SMARTS) is 1. The number of aromatic hydroxyl groups is 2. The van der Waals surface area contributed by atoms with Gasteiger partial charge in [-0.2, -0.15) is 0 Å². The third kappa shape index (κ3) is 2.01. The molecule has 2 aromatic rings. The predicted molar refractivity (Wildman–Crippen MR) is 70.3 cm³/mol. The van der Waals surface area contributed by atoms with E-state index in [0.717, 1.165) is 0 Å². The van der Waals surface area contributed by atoms with E-state index in [4.69, 9.17) is 0 Å². The molecule has 3 N–H and O–H groups in total. The minimum atomic E-state index is -1.43. The third-order valence-electron chi connectivity index (χ3n) is 3.33. The number of para-hydroxylation sites is 1. The number of carboxylic acids is 1. The van der Waals surface area contributed by atoms with Crippen molar-refractivity contribution in [3.8, 4) is 11.5 Å². The monoisotopic (exact) mass is 258 g/mol. The first-order valence-electron chi connectivity index (χ1n) is 5.78. The lowest BCUT2D eigenvalue weighted by atomic mass is 9.76. The molecule has 0 aliphatic heterocycles. The molecule has 0 aliphatic carbocycles. The van der Waals surface area contributed by atoms with Crippen molar-refractivity contribution in [2.45, 2.75) is 12.3 Å². The zero-order valence-corrected chi connectivity index (χ0v) is 10.4. The quantitative estimate of drug-likeness (QED) is 0.739. The van der Waals surface area contributed by atoms with Crippen LogP contribution in [0.2, 0.25) is 0 Å². The number of aliphatic carboxylic acids is 1. The molecule has 1 atom stereocenters. The molecule has 0 fully saturated rings. The average Bonchev–Trinajstić information content (AvgIpc) is 2.42. The van der Waals surface area contributed by atoms with Gasteiger partial charge in [-0.05, 0) is 18.6 Å². The topological polar surface area (TPSA) is 77.8 Å². The van der Waals surface area contributed by atoms with E-state index in [1.165, 1.54) is 25.1 Å². The molecule has 98 valence electrons. The highest BCUT2D eigenvalue weighted by Gasteiger charge is 2.39. The molecule has 0 radical (unpaired) electrons. The van der Waals surface area contributed by atoms with E-state index in [1.807, 2.05) is 0 Å². The maximum Gasteiger partial charge on any atom is 0.318 e. The lowest BCUT2D eigenvalue weighted by molar-refractivity contribution is -0.141. The summed E-state index contributed by atoms with van der Waals surface area (Å²) >= 11 is 0. The molecule has 19 heavy (non-hydrogen) atoms. The van der Waals surface area contributed by atoms with Crippen molar-refractivity contribution in [1.82, 2.24) is 0 Å². The Labute approximate surface area is 110 Å². The second kappa shape index (κ2) is 4.65. The highest BCUT2D eigenvalue weighted by atomic mass is 16.4. The van der Waals surface area contributed by atoms with Crippen LogP contribution in [0.15, 0.2) is 48.5 Å². The third-order valence-corrected chi connectivity index (χ3v) is 3.33. The van der Waals surface area contributed by atoms with Crippen molar-refractivity contribution in [3.05, 3.63) is 59.7 Å². The normalized spacial score (nSPS) is 13.7. The molecular formula is C15H14O4. The van der Waals surface area contributed by atoms with Crippen LogP contribution in [0.25, 0.3) is 0 Å². The number of hydrogen-bond acceptors (Lipinski definition) is 3. The van der Waals surface area contributed by atoms with E-state index in [1.54, 1.807) is 30.3 Å². The number of rotatable bonds is 3. The first-order chi connectivity index (χ1) is 8.98. The highest BCUT2D eigenvalue weighted by Crippen LogP contribution is 2.41. The Morgan fingerprint density at radius 2 is 1.63 bits per heavy atom. The Kier molecular flexibility index (Phi) is 3.17. The van der Waals surface area contributed by atoms with Gasteiger partial charge in [0.2, 0.25) is 0 Å². The zero-order chi connectivity index (χ0) is 14.0. The van der Waals surface area contributed by atoms with Crippen molar-refractivity contribution in [1.29, 1.82) is 0 Å². The van der Waals surface area contributed by atoms with Gasteiger partial charge in [-0.15, -0.1) is 0 Å². The summed E-state index contributed by atoms with van der Waals surface area (Å²) in [5.41, 5.74) is -0.737. The molecule has 1 unspecified atom stereocenters. The summed E-state index contributed by atoms with van der Waals surface area (Å²) in [6, 6.07) is 12.9. The van der Waals surface area contributed by atoms with E-state index >= 15 is 0 Å². The largest absolute Gasteiger partial charge is 0.504 e. The molecule has 0 spiro atoms. The van der Waals surface area contributed by atoms with E-state index in [2.05, 4.69) is 0 Å². The maximum atomic E-state index is 11.7. The van der Waals surface area contributed by atoms with Gasteiger partial charge in [0.15, 0.2) is 11.5 Å². The molecule has 0 bridgehead atoms. The van der Waals surface area contributed by atoms with Crippen LogP contribution < -0.4 is 0 Å². The van der Waals surface area contributed by atoms with Crippen molar-refractivity contribution in [2.75, 3.05) is 0 Å². The maximum absolute atomic E-state index is 11.7. The predicted octanol–water partition coefficient (Wildman–Crippen LogP) is 2.49. The summed E-state index contributed by atoms with van der Waals surface area (Å²) in [5.74, 6) is -1.84. The van der Waals surface area contributed by atoms with Crippen molar-refractivity contribution in [2.24, 2.45) is 0 Å². The van der Waals surface area contributed by atoms with Crippen LogP contribution in [-0.2, 0) is 10.2 Å². The van der Waals surface area contributed by atoms with Crippen molar-refractivity contribution in [3.63, 3.8) is 0 Å². The number of phenolic OH excluding ortho intramolecular Hbond substituents is 2. The van der Waals surface area contributed by atoms with Crippen LogP contribution >= 0.6 is 0 Å². The van der Waals surface area contributed by atoms with Crippen molar-refractivity contribution >= 4 is 5.97 Å². The van der Waals surface area contributed by atoms with Crippen LogP contribution in [0.3, 0.4) is 0 Å². The summed E-state index contributed by atoms with van der Waals surface area (Å²) < 4.78 is 0. The fourth-order valence-electron chi connectivity index (χ4n) is 2.10. The first-order valence-corrected chi connectivity index (χ1v) is 5.78. The summed E-state index contributed by atoms with van der Waals surface area (Å²) in [5, 5.41) is 29.0. The number of benzene rings is 2. The molecule has 4 nitrogen and oxygen atoms in total. The summed E-state index contributed by atoms with van der Waals surface area (Å²) in [4.78, 5) is 11.7. The molecule has 0 saturated carbocycles. The van der Waals surface area contributed by atoms with Gasteiger partial charge in [0.1, 0.15) is 5.41 Å². The van der Waals surface area contributed by atoms with Gasteiger partial charge in [-0.25, -0.2) is 0 Å². The van der Waals surface area contributed by atoms with E-state index < -0.39 is 17.1 Å². The average molecular weight is 258 g/mol.